The van der Waals surface area contributed by atoms with E-state index in [2.05, 4.69) is 30.5 Å². The van der Waals surface area contributed by atoms with Crippen LogP contribution in [0.1, 0.15) is 52.6 Å². The van der Waals surface area contributed by atoms with Crippen LogP contribution < -0.4 is 9.62 Å². The van der Waals surface area contributed by atoms with Gasteiger partial charge in [0, 0.05) is 18.8 Å². The van der Waals surface area contributed by atoms with Crippen LogP contribution >= 0.6 is 11.6 Å². The molecule has 0 aliphatic carbocycles. The topological polar surface area (TPSA) is 85.4 Å². The van der Waals surface area contributed by atoms with Crippen LogP contribution in [0.2, 0.25) is 5.02 Å². The molecule has 1 amide bonds. The Kier molecular flexibility index (Phi) is 7.47. The van der Waals surface area contributed by atoms with Crippen LogP contribution in [0.5, 0.6) is 0 Å². The van der Waals surface area contributed by atoms with Gasteiger partial charge in [-0.05, 0) is 53.8 Å². The van der Waals surface area contributed by atoms with Gasteiger partial charge in [-0.15, -0.1) is 0 Å². The number of aldehydes is 1. The maximum absolute atomic E-state index is 13.4. The zero-order valence-corrected chi connectivity index (χ0v) is 20.8. The van der Waals surface area contributed by atoms with E-state index < -0.39 is 17.3 Å². The molecule has 3 rings (SSSR count). The highest BCUT2D eigenvalue weighted by atomic mass is 35.5. The molecule has 1 unspecified atom stereocenters. The van der Waals surface area contributed by atoms with Crippen LogP contribution in [-0.2, 0) is 16.8 Å². The predicted octanol–water partition coefficient (Wildman–Crippen LogP) is 5.56. The van der Waals surface area contributed by atoms with Crippen molar-refractivity contribution in [2.75, 3.05) is 16.7 Å². The molecule has 3 aromatic rings. The standard InChI is InChI=1S/C25H26ClN3O3S/c1-16-6-13-22(27-14-16)29(5)24(31)23-19(15-30)20(26)11-12-21(23)28-33(32)18-9-7-17(8-10-18)25(2,3)4/h6-15,28H,1-5H3. The molecule has 1 atom stereocenters. The fourth-order valence-corrected chi connectivity index (χ4v) is 4.27. The largest absolute Gasteiger partial charge is 0.588 e. The maximum atomic E-state index is 13.4. The molecule has 1 aromatic heterocycles. The summed E-state index contributed by atoms with van der Waals surface area (Å²) in [4.78, 5) is 31.3. The number of aromatic nitrogens is 1. The molecular weight excluding hydrogens is 458 g/mol. The quantitative estimate of drug-likeness (QED) is 0.366. The Morgan fingerprint density at radius 2 is 1.79 bits per heavy atom. The first kappa shape index (κ1) is 24.8. The molecule has 0 fully saturated rings. The lowest BCUT2D eigenvalue weighted by Crippen LogP contribution is -2.29. The average Bonchev–Trinajstić information content (AvgIpc) is 2.79. The molecule has 0 saturated carbocycles. The van der Waals surface area contributed by atoms with Crippen molar-refractivity contribution in [3.63, 3.8) is 0 Å². The van der Waals surface area contributed by atoms with E-state index in [-0.39, 0.29) is 27.3 Å². The smallest absolute Gasteiger partial charge is 0.262 e. The van der Waals surface area contributed by atoms with E-state index >= 15 is 0 Å². The van der Waals surface area contributed by atoms with E-state index in [0.717, 1.165) is 11.1 Å². The number of halogens is 1. The number of anilines is 2. The zero-order chi connectivity index (χ0) is 24.3. The first-order valence-corrected chi connectivity index (χ1v) is 11.8. The first-order chi connectivity index (χ1) is 15.5. The second-order valence-corrected chi connectivity index (χ2v) is 10.3. The van der Waals surface area contributed by atoms with Crippen molar-refractivity contribution >= 4 is 46.7 Å². The number of carbonyl (C=O) groups is 2. The second kappa shape index (κ2) is 9.95. The Morgan fingerprint density at radius 3 is 2.33 bits per heavy atom. The summed E-state index contributed by atoms with van der Waals surface area (Å²) in [6, 6.07) is 14.0. The van der Waals surface area contributed by atoms with E-state index in [4.69, 9.17) is 11.6 Å². The Morgan fingerprint density at radius 1 is 1.12 bits per heavy atom. The molecule has 0 spiro atoms. The molecular formula is C25H26ClN3O3S. The van der Waals surface area contributed by atoms with Gasteiger partial charge >= 0.3 is 0 Å². The van der Waals surface area contributed by atoms with Gasteiger partial charge in [0.1, 0.15) is 17.2 Å². The van der Waals surface area contributed by atoms with Gasteiger partial charge in [-0.25, -0.2) is 9.71 Å². The van der Waals surface area contributed by atoms with Crippen molar-refractivity contribution in [3.05, 3.63) is 82.0 Å². The number of nitrogens with zero attached hydrogens (tertiary/aromatic N) is 2. The van der Waals surface area contributed by atoms with Gasteiger partial charge in [-0.3, -0.25) is 14.5 Å². The highest BCUT2D eigenvalue weighted by Gasteiger charge is 2.26. The Bertz CT molecular complexity index is 1160. The molecule has 0 radical (unpaired) electrons. The van der Waals surface area contributed by atoms with E-state index in [9.17, 15) is 14.1 Å². The van der Waals surface area contributed by atoms with Crippen LogP contribution in [0.25, 0.3) is 0 Å². The summed E-state index contributed by atoms with van der Waals surface area (Å²) in [6.45, 7) is 8.20. The van der Waals surface area contributed by atoms with Gasteiger partial charge in [0.15, 0.2) is 11.2 Å². The Balaban J connectivity index is 1.96. The lowest BCUT2D eigenvalue weighted by atomic mass is 9.87. The number of aryl methyl sites for hydroxylation is 1. The lowest BCUT2D eigenvalue weighted by Gasteiger charge is -2.21. The number of pyridine rings is 1. The van der Waals surface area contributed by atoms with E-state index in [0.29, 0.717) is 17.0 Å². The van der Waals surface area contributed by atoms with E-state index in [1.807, 2.05) is 25.1 Å². The highest BCUT2D eigenvalue weighted by Crippen LogP contribution is 2.30. The number of hydrogen-bond acceptors (Lipinski definition) is 5. The minimum atomic E-state index is -1.67. The summed E-state index contributed by atoms with van der Waals surface area (Å²) in [6.07, 6.45) is 2.17. The number of nitrogens with one attached hydrogen (secondary N) is 1. The SMILES string of the molecule is Cc1ccc(N(C)C(=O)c2c(N[S+]([O-])c3ccc(C(C)(C)C)cc3)ccc(Cl)c2C=O)nc1. The molecule has 172 valence electrons. The molecule has 1 N–H and O–H groups in total. The number of hydrogen-bond donors (Lipinski definition) is 1. The van der Waals surface area contributed by atoms with Crippen LogP contribution in [0.4, 0.5) is 11.5 Å². The van der Waals surface area contributed by atoms with Crippen molar-refractivity contribution in [1.29, 1.82) is 0 Å². The van der Waals surface area contributed by atoms with Crippen molar-refractivity contribution in [3.8, 4) is 0 Å². The van der Waals surface area contributed by atoms with Gasteiger partial charge in [0.2, 0.25) is 0 Å². The van der Waals surface area contributed by atoms with Crippen molar-refractivity contribution in [2.45, 2.75) is 38.0 Å². The van der Waals surface area contributed by atoms with Crippen molar-refractivity contribution in [1.82, 2.24) is 4.98 Å². The summed E-state index contributed by atoms with van der Waals surface area (Å²) < 4.78 is 15.9. The van der Waals surface area contributed by atoms with Crippen LogP contribution in [0.15, 0.2) is 59.6 Å². The normalized spacial score (nSPS) is 12.2. The van der Waals surface area contributed by atoms with Gasteiger partial charge < -0.3 is 4.55 Å². The summed E-state index contributed by atoms with van der Waals surface area (Å²) in [5.74, 6) is -0.0919. The minimum absolute atomic E-state index is 0.0192. The molecule has 0 bridgehead atoms. The second-order valence-electron chi connectivity index (χ2n) is 8.70. The van der Waals surface area contributed by atoms with Gasteiger partial charge in [0.05, 0.1) is 16.3 Å². The first-order valence-electron chi connectivity index (χ1n) is 10.3. The summed E-state index contributed by atoms with van der Waals surface area (Å²) in [5.41, 5.74) is 2.32. The molecule has 8 heteroatoms. The van der Waals surface area contributed by atoms with Crippen molar-refractivity contribution < 1.29 is 14.1 Å². The van der Waals surface area contributed by atoms with Crippen molar-refractivity contribution in [2.24, 2.45) is 0 Å². The number of rotatable bonds is 6. The third-order valence-corrected chi connectivity index (χ3v) is 6.64. The average molecular weight is 484 g/mol. The maximum Gasteiger partial charge on any atom is 0.262 e. The fraction of sp³-hybridized carbons (Fsp3) is 0.240. The predicted molar refractivity (Wildman–Crippen MR) is 134 cm³/mol. The highest BCUT2D eigenvalue weighted by molar-refractivity contribution is 7.92. The van der Waals surface area contributed by atoms with Gasteiger partial charge in [-0.2, -0.15) is 0 Å². The molecule has 0 aliphatic rings. The summed E-state index contributed by atoms with van der Waals surface area (Å²) >= 11 is 4.54. The molecule has 0 saturated heterocycles. The third kappa shape index (κ3) is 5.55. The molecule has 1 heterocycles. The summed E-state index contributed by atoms with van der Waals surface area (Å²) in [5, 5.41) is 0.129. The van der Waals surface area contributed by atoms with Crippen LogP contribution in [0, 0.1) is 6.92 Å². The van der Waals surface area contributed by atoms with Crippen LogP contribution in [0.3, 0.4) is 0 Å². The fourth-order valence-electron chi connectivity index (χ4n) is 3.19. The molecule has 2 aromatic carbocycles. The van der Waals surface area contributed by atoms with Crippen LogP contribution in [-0.4, -0.2) is 28.8 Å². The third-order valence-electron chi connectivity index (χ3n) is 5.21. The monoisotopic (exact) mass is 483 g/mol. The molecule has 6 nitrogen and oxygen atoms in total. The Labute approximate surface area is 202 Å². The number of carbonyl (C=O) groups excluding carboxylic acids is 2. The van der Waals surface area contributed by atoms with E-state index in [1.165, 1.54) is 11.0 Å². The molecule has 0 aliphatic heterocycles. The summed E-state index contributed by atoms with van der Waals surface area (Å²) in [7, 11) is 1.56. The molecule has 33 heavy (non-hydrogen) atoms. The Hall–Kier alpha value is -2.87. The van der Waals surface area contributed by atoms with E-state index in [1.54, 1.807) is 37.5 Å². The number of benzene rings is 2. The zero-order valence-electron chi connectivity index (χ0n) is 19.2. The van der Waals surface area contributed by atoms with Gasteiger partial charge in [-0.1, -0.05) is 50.6 Å². The lowest BCUT2D eigenvalue weighted by molar-refractivity contribution is 0.0986. The van der Waals surface area contributed by atoms with Gasteiger partial charge in [0.25, 0.3) is 5.91 Å². The number of amides is 1. The minimum Gasteiger partial charge on any atom is -0.588 e.